The van der Waals surface area contributed by atoms with Crippen molar-refractivity contribution < 1.29 is 4.79 Å². The van der Waals surface area contributed by atoms with E-state index < -0.39 is 0 Å². The largest absolute Gasteiger partial charge is 0.366 e. The molecule has 0 aliphatic carbocycles. The molecule has 0 heterocycles. The topological polar surface area (TPSA) is 43.1 Å². The van der Waals surface area contributed by atoms with E-state index in [1.807, 2.05) is 39.0 Å². The Labute approximate surface area is 84.4 Å². The molecule has 0 saturated carbocycles. The smallest absolute Gasteiger partial charge is 0.248 e. The highest BCUT2D eigenvalue weighted by molar-refractivity contribution is 6.19. The molecule has 2 nitrogen and oxygen atoms in total. The van der Waals surface area contributed by atoms with Gasteiger partial charge in [0.1, 0.15) is 0 Å². The molecule has 0 aliphatic rings. The van der Waals surface area contributed by atoms with Crippen LogP contribution in [0.4, 0.5) is 0 Å². The minimum Gasteiger partial charge on any atom is -0.366 e. The minimum atomic E-state index is -0.376. The summed E-state index contributed by atoms with van der Waals surface area (Å²) >= 11 is 0. The van der Waals surface area contributed by atoms with Crippen LogP contribution >= 0.6 is 0 Å². The van der Waals surface area contributed by atoms with Crippen molar-refractivity contribution in [3.63, 3.8) is 0 Å². The van der Waals surface area contributed by atoms with Crippen molar-refractivity contribution in [3.05, 3.63) is 41.0 Å². The lowest BCUT2D eigenvalue weighted by Crippen LogP contribution is -2.13. The Kier molecular flexibility index (Phi) is 3.07. The first-order valence-corrected chi connectivity index (χ1v) is 4.60. The number of aryl methyl sites for hydroxylation is 2. The average molecular weight is 189 g/mol. The normalized spacial score (nSPS) is 11.5. The number of rotatable bonds is 2. The Bertz CT molecular complexity index is 391. The number of carbonyl (C=O) groups excluding carboxylic acids is 1. The minimum absolute atomic E-state index is 0.376. The molecule has 0 spiro atoms. The third-order valence-corrected chi connectivity index (χ3v) is 2.23. The van der Waals surface area contributed by atoms with Gasteiger partial charge in [0.15, 0.2) is 0 Å². The lowest BCUT2D eigenvalue weighted by atomic mass is 9.98. The van der Waals surface area contributed by atoms with Crippen molar-refractivity contribution in [1.29, 1.82) is 0 Å². The molecule has 0 fully saturated rings. The van der Waals surface area contributed by atoms with Gasteiger partial charge >= 0.3 is 0 Å². The molecule has 0 radical (unpaired) electrons. The molecule has 1 rings (SSSR count). The maximum atomic E-state index is 11.1. The van der Waals surface area contributed by atoms with Gasteiger partial charge in [-0.3, -0.25) is 4.79 Å². The molecule has 1 aromatic rings. The van der Waals surface area contributed by atoms with Gasteiger partial charge in [-0.1, -0.05) is 29.8 Å². The highest BCUT2D eigenvalue weighted by Crippen LogP contribution is 2.19. The number of amides is 1. The summed E-state index contributed by atoms with van der Waals surface area (Å²) in [6.45, 7) is 5.82. The Morgan fingerprint density at radius 1 is 1.36 bits per heavy atom. The van der Waals surface area contributed by atoms with Gasteiger partial charge in [0, 0.05) is 5.57 Å². The van der Waals surface area contributed by atoms with Crippen LogP contribution in [0, 0.1) is 13.8 Å². The first kappa shape index (κ1) is 10.5. The fraction of sp³-hybridized carbons (Fsp3) is 0.250. The van der Waals surface area contributed by atoms with Crippen LogP contribution in [-0.4, -0.2) is 5.91 Å². The molecule has 14 heavy (non-hydrogen) atoms. The van der Waals surface area contributed by atoms with E-state index in [0.29, 0.717) is 5.57 Å². The van der Waals surface area contributed by atoms with Crippen LogP contribution in [0.25, 0.3) is 5.57 Å². The summed E-state index contributed by atoms with van der Waals surface area (Å²) in [6, 6.07) is 5.96. The number of hydrogen-bond acceptors (Lipinski definition) is 1. The Morgan fingerprint density at radius 2 is 2.00 bits per heavy atom. The summed E-state index contributed by atoms with van der Waals surface area (Å²) in [7, 11) is 0. The van der Waals surface area contributed by atoms with E-state index in [2.05, 4.69) is 0 Å². The van der Waals surface area contributed by atoms with E-state index in [1.54, 1.807) is 6.08 Å². The van der Waals surface area contributed by atoms with E-state index in [1.165, 1.54) is 5.56 Å². The van der Waals surface area contributed by atoms with Gasteiger partial charge in [0.05, 0.1) is 0 Å². The summed E-state index contributed by atoms with van der Waals surface area (Å²) in [6.07, 6.45) is 1.75. The van der Waals surface area contributed by atoms with Gasteiger partial charge in [-0.25, -0.2) is 0 Å². The zero-order chi connectivity index (χ0) is 10.7. The Morgan fingerprint density at radius 3 is 2.43 bits per heavy atom. The second-order valence-corrected chi connectivity index (χ2v) is 3.38. The van der Waals surface area contributed by atoms with Crippen molar-refractivity contribution in [2.75, 3.05) is 0 Å². The van der Waals surface area contributed by atoms with E-state index >= 15 is 0 Å². The van der Waals surface area contributed by atoms with Gasteiger partial charge < -0.3 is 5.73 Å². The number of primary amides is 1. The van der Waals surface area contributed by atoms with E-state index in [4.69, 9.17) is 5.73 Å². The molecule has 1 amide bonds. The standard InChI is InChI=1S/C12H15NO/c1-4-10(12(13)14)11-6-5-8(2)7-9(11)3/h4-7H,1-3H3,(H2,13,14)/b10-4+. The summed E-state index contributed by atoms with van der Waals surface area (Å²) in [5.41, 5.74) is 9.05. The fourth-order valence-electron chi connectivity index (χ4n) is 1.55. The molecule has 0 saturated heterocycles. The Hall–Kier alpha value is -1.57. The molecule has 0 atom stereocenters. The van der Waals surface area contributed by atoms with Crippen LogP contribution in [0.1, 0.15) is 23.6 Å². The highest BCUT2D eigenvalue weighted by Gasteiger charge is 2.08. The number of hydrogen-bond donors (Lipinski definition) is 1. The molecular weight excluding hydrogens is 174 g/mol. The number of carbonyl (C=O) groups is 1. The Balaban J connectivity index is 3.25. The van der Waals surface area contributed by atoms with Crippen LogP contribution in [-0.2, 0) is 4.79 Å². The number of nitrogens with two attached hydrogens (primary N) is 1. The third kappa shape index (κ3) is 2.02. The average Bonchev–Trinajstić information content (AvgIpc) is 2.09. The second-order valence-electron chi connectivity index (χ2n) is 3.38. The van der Waals surface area contributed by atoms with Crippen LogP contribution in [0.2, 0.25) is 0 Å². The molecule has 0 aliphatic heterocycles. The predicted molar refractivity (Wildman–Crippen MR) is 58.8 cm³/mol. The van der Waals surface area contributed by atoms with Crippen LogP contribution in [0.5, 0.6) is 0 Å². The van der Waals surface area contributed by atoms with E-state index in [0.717, 1.165) is 11.1 Å². The summed E-state index contributed by atoms with van der Waals surface area (Å²) < 4.78 is 0. The zero-order valence-corrected chi connectivity index (χ0v) is 8.79. The van der Waals surface area contributed by atoms with Crippen molar-refractivity contribution in [3.8, 4) is 0 Å². The quantitative estimate of drug-likeness (QED) is 0.712. The fourth-order valence-corrected chi connectivity index (χ4v) is 1.55. The molecule has 0 bridgehead atoms. The van der Waals surface area contributed by atoms with Crippen LogP contribution in [0.3, 0.4) is 0 Å². The maximum absolute atomic E-state index is 11.1. The molecular formula is C12H15NO. The summed E-state index contributed by atoms with van der Waals surface area (Å²) in [5.74, 6) is -0.376. The SMILES string of the molecule is C/C=C(/C(N)=O)c1ccc(C)cc1C. The number of allylic oxidation sites excluding steroid dienone is 1. The molecule has 2 heteroatoms. The summed E-state index contributed by atoms with van der Waals surface area (Å²) in [5, 5.41) is 0. The van der Waals surface area contributed by atoms with Gasteiger partial charge in [-0.05, 0) is 31.9 Å². The summed E-state index contributed by atoms with van der Waals surface area (Å²) in [4.78, 5) is 11.1. The molecule has 0 unspecified atom stereocenters. The van der Waals surface area contributed by atoms with Crippen molar-refractivity contribution in [2.24, 2.45) is 5.73 Å². The first-order chi connectivity index (χ1) is 6.56. The van der Waals surface area contributed by atoms with Crippen molar-refractivity contribution in [2.45, 2.75) is 20.8 Å². The molecule has 74 valence electrons. The monoisotopic (exact) mass is 189 g/mol. The molecule has 1 aromatic carbocycles. The van der Waals surface area contributed by atoms with Gasteiger partial charge in [-0.2, -0.15) is 0 Å². The molecule has 0 aromatic heterocycles. The van der Waals surface area contributed by atoms with Crippen molar-refractivity contribution >= 4 is 11.5 Å². The van der Waals surface area contributed by atoms with E-state index in [-0.39, 0.29) is 5.91 Å². The van der Waals surface area contributed by atoms with Crippen LogP contribution < -0.4 is 5.73 Å². The predicted octanol–water partition coefficient (Wildman–Crippen LogP) is 2.19. The maximum Gasteiger partial charge on any atom is 0.248 e. The van der Waals surface area contributed by atoms with Crippen LogP contribution in [0.15, 0.2) is 24.3 Å². The van der Waals surface area contributed by atoms with Gasteiger partial charge in [-0.15, -0.1) is 0 Å². The lowest BCUT2D eigenvalue weighted by Gasteiger charge is -2.07. The van der Waals surface area contributed by atoms with E-state index in [9.17, 15) is 4.79 Å². The van der Waals surface area contributed by atoms with Gasteiger partial charge in [0.2, 0.25) is 5.91 Å². The zero-order valence-electron chi connectivity index (χ0n) is 8.79. The molecule has 2 N–H and O–H groups in total. The first-order valence-electron chi connectivity index (χ1n) is 4.60. The number of benzene rings is 1. The van der Waals surface area contributed by atoms with Gasteiger partial charge in [0.25, 0.3) is 0 Å². The van der Waals surface area contributed by atoms with Crippen molar-refractivity contribution in [1.82, 2.24) is 0 Å². The third-order valence-electron chi connectivity index (χ3n) is 2.23. The highest BCUT2D eigenvalue weighted by atomic mass is 16.1. The lowest BCUT2D eigenvalue weighted by molar-refractivity contribution is -0.112. The second kappa shape index (κ2) is 4.09.